The van der Waals surface area contributed by atoms with Gasteiger partial charge in [-0.05, 0) is 11.1 Å². The SMILES string of the molecule is CC(=O)OC(CCN1CCN(CCC(OC(C)=O)c2ccccc2)CC1)c1ccccc1. The standard InChI is InChI=1S/C26H34N2O4/c1-21(29)31-25(23-9-5-3-6-10-23)13-15-27-17-19-28(20-18-27)16-14-26(32-22(2)30)24-11-7-4-8-12-24/h3-12,25-26H,13-20H2,1-2H3. The van der Waals surface area contributed by atoms with Crippen molar-refractivity contribution in [2.45, 2.75) is 38.9 Å². The monoisotopic (exact) mass is 438 g/mol. The van der Waals surface area contributed by atoms with Gasteiger partial charge in [-0.2, -0.15) is 0 Å². The lowest BCUT2D eigenvalue weighted by molar-refractivity contribution is -0.148. The Hall–Kier alpha value is -2.70. The van der Waals surface area contributed by atoms with Gasteiger partial charge in [0.05, 0.1) is 0 Å². The van der Waals surface area contributed by atoms with Crippen molar-refractivity contribution >= 4 is 11.9 Å². The molecule has 1 aliphatic rings. The first-order valence-electron chi connectivity index (χ1n) is 11.4. The van der Waals surface area contributed by atoms with E-state index in [4.69, 9.17) is 9.47 Å². The predicted octanol–water partition coefficient (Wildman–Crippen LogP) is 3.99. The van der Waals surface area contributed by atoms with Crippen LogP contribution in [-0.4, -0.2) is 61.0 Å². The molecule has 0 saturated carbocycles. The highest BCUT2D eigenvalue weighted by Crippen LogP contribution is 2.24. The number of carbonyl (C=O) groups is 2. The van der Waals surface area contributed by atoms with Crippen LogP contribution in [0.25, 0.3) is 0 Å². The van der Waals surface area contributed by atoms with Gasteiger partial charge < -0.3 is 19.3 Å². The fourth-order valence-corrected chi connectivity index (χ4v) is 4.16. The number of hydrogen-bond acceptors (Lipinski definition) is 6. The first-order valence-corrected chi connectivity index (χ1v) is 11.4. The molecule has 0 amide bonds. The molecular formula is C26H34N2O4. The van der Waals surface area contributed by atoms with E-state index in [-0.39, 0.29) is 24.1 Å². The van der Waals surface area contributed by atoms with Crippen LogP contribution in [0.4, 0.5) is 0 Å². The lowest BCUT2D eigenvalue weighted by Crippen LogP contribution is -2.47. The topological polar surface area (TPSA) is 59.1 Å². The third kappa shape index (κ3) is 7.77. The van der Waals surface area contributed by atoms with E-state index in [1.165, 1.54) is 13.8 Å². The summed E-state index contributed by atoms with van der Waals surface area (Å²) in [5, 5.41) is 0. The molecule has 6 nitrogen and oxygen atoms in total. The Bertz CT molecular complexity index is 764. The van der Waals surface area contributed by atoms with Gasteiger partial charge in [-0.25, -0.2) is 0 Å². The van der Waals surface area contributed by atoms with E-state index in [0.29, 0.717) is 0 Å². The van der Waals surface area contributed by atoms with Crippen molar-refractivity contribution in [1.29, 1.82) is 0 Å². The van der Waals surface area contributed by atoms with E-state index in [0.717, 1.165) is 63.2 Å². The van der Waals surface area contributed by atoms with Gasteiger partial charge in [-0.15, -0.1) is 0 Å². The molecule has 0 spiro atoms. The van der Waals surface area contributed by atoms with Gasteiger partial charge in [-0.3, -0.25) is 9.59 Å². The van der Waals surface area contributed by atoms with Crippen LogP contribution in [0.1, 0.15) is 50.0 Å². The zero-order valence-electron chi connectivity index (χ0n) is 19.1. The van der Waals surface area contributed by atoms with Crippen LogP contribution in [0.5, 0.6) is 0 Å². The van der Waals surface area contributed by atoms with Crippen molar-refractivity contribution < 1.29 is 19.1 Å². The van der Waals surface area contributed by atoms with Crippen molar-refractivity contribution in [3.8, 4) is 0 Å². The second kappa shape index (κ2) is 12.4. The van der Waals surface area contributed by atoms with Crippen LogP contribution < -0.4 is 0 Å². The molecular weight excluding hydrogens is 404 g/mol. The average molecular weight is 439 g/mol. The fraction of sp³-hybridized carbons (Fsp3) is 0.462. The first-order chi connectivity index (χ1) is 15.5. The van der Waals surface area contributed by atoms with Crippen molar-refractivity contribution in [2.24, 2.45) is 0 Å². The minimum Gasteiger partial charge on any atom is -0.458 e. The molecule has 2 unspecified atom stereocenters. The van der Waals surface area contributed by atoms with Crippen LogP contribution in [0, 0.1) is 0 Å². The van der Waals surface area contributed by atoms with Gasteiger partial charge in [0, 0.05) is 66.0 Å². The van der Waals surface area contributed by atoms with Crippen molar-refractivity contribution in [2.75, 3.05) is 39.3 Å². The molecule has 172 valence electrons. The summed E-state index contributed by atoms with van der Waals surface area (Å²) in [4.78, 5) is 27.9. The zero-order chi connectivity index (χ0) is 22.8. The number of ether oxygens (including phenoxy) is 2. The maximum Gasteiger partial charge on any atom is 0.303 e. The minimum atomic E-state index is -0.246. The molecule has 6 heteroatoms. The van der Waals surface area contributed by atoms with Gasteiger partial charge in [0.2, 0.25) is 0 Å². The number of piperazine rings is 1. The summed E-state index contributed by atoms with van der Waals surface area (Å²) in [6, 6.07) is 19.9. The number of rotatable bonds is 10. The molecule has 2 aromatic carbocycles. The number of hydrogen-bond donors (Lipinski definition) is 0. The summed E-state index contributed by atoms with van der Waals surface area (Å²) in [6.45, 7) is 8.62. The maximum absolute atomic E-state index is 11.5. The lowest BCUT2D eigenvalue weighted by Gasteiger charge is -2.35. The second-order valence-corrected chi connectivity index (χ2v) is 8.28. The largest absolute Gasteiger partial charge is 0.458 e. The molecule has 0 bridgehead atoms. The predicted molar refractivity (Wildman–Crippen MR) is 124 cm³/mol. The number of carbonyl (C=O) groups excluding carboxylic acids is 2. The summed E-state index contributed by atoms with van der Waals surface area (Å²) >= 11 is 0. The van der Waals surface area contributed by atoms with Crippen LogP contribution in [0.3, 0.4) is 0 Å². The summed E-state index contributed by atoms with van der Waals surface area (Å²) in [5.74, 6) is -0.492. The van der Waals surface area contributed by atoms with Crippen LogP contribution >= 0.6 is 0 Å². The van der Waals surface area contributed by atoms with E-state index in [9.17, 15) is 9.59 Å². The molecule has 32 heavy (non-hydrogen) atoms. The minimum absolute atomic E-state index is 0.206. The molecule has 1 fully saturated rings. The van der Waals surface area contributed by atoms with Gasteiger partial charge >= 0.3 is 11.9 Å². The highest BCUT2D eigenvalue weighted by Gasteiger charge is 2.22. The van der Waals surface area contributed by atoms with E-state index >= 15 is 0 Å². The Balaban J connectivity index is 1.45. The molecule has 0 N–H and O–H groups in total. The molecule has 3 rings (SSSR count). The summed E-state index contributed by atoms with van der Waals surface area (Å²) in [5.41, 5.74) is 2.08. The Morgan fingerprint density at radius 1 is 0.688 bits per heavy atom. The second-order valence-electron chi connectivity index (χ2n) is 8.28. The first kappa shape index (κ1) is 24.0. The summed E-state index contributed by atoms with van der Waals surface area (Å²) in [7, 11) is 0. The normalized spacial score (nSPS) is 16.8. The fourth-order valence-electron chi connectivity index (χ4n) is 4.16. The van der Waals surface area contributed by atoms with Gasteiger partial charge in [0.1, 0.15) is 12.2 Å². The highest BCUT2D eigenvalue weighted by atomic mass is 16.5. The zero-order valence-corrected chi connectivity index (χ0v) is 19.1. The van der Waals surface area contributed by atoms with E-state index in [2.05, 4.69) is 9.80 Å². The summed E-state index contributed by atoms with van der Waals surface area (Å²) in [6.07, 6.45) is 1.15. The number of nitrogens with zero attached hydrogens (tertiary/aromatic N) is 2. The highest BCUT2D eigenvalue weighted by molar-refractivity contribution is 5.66. The maximum atomic E-state index is 11.5. The molecule has 1 aliphatic heterocycles. The van der Waals surface area contributed by atoms with Crippen LogP contribution in [-0.2, 0) is 19.1 Å². The molecule has 2 aromatic rings. The molecule has 2 atom stereocenters. The van der Waals surface area contributed by atoms with Crippen molar-refractivity contribution in [1.82, 2.24) is 9.80 Å². The molecule has 0 aromatic heterocycles. The van der Waals surface area contributed by atoms with E-state index in [1.54, 1.807) is 0 Å². The number of benzene rings is 2. The van der Waals surface area contributed by atoms with E-state index < -0.39 is 0 Å². The van der Waals surface area contributed by atoms with Gasteiger partial charge in [-0.1, -0.05) is 60.7 Å². The Labute approximate surface area is 191 Å². The van der Waals surface area contributed by atoms with Crippen LogP contribution in [0.15, 0.2) is 60.7 Å². The third-order valence-electron chi connectivity index (χ3n) is 5.84. The molecule has 1 saturated heterocycles. The Morgan fingerprint density at radius 2 is 1.03 bits per heavy atom. The van der Waals surface area contributed by atoms with E-state index in [1.807, 2.05) is 60.7 Å². The Kier molecular flexibility index (Phi) is 9.26. The van der Waals surface area contributed by atoms with Crippen LogP contribution in [0.2, 0.25) is 0 Å². The third-order valence-corrected chi connectivity index (χ3v) is 5.84. The molecule has 1 heterocycles. The van der Waals surface area contributed by atoms with Crippen molar-refractivity contribution in [3.05, 3.63) is 71.8 Å². The quantitative estimate of drug-likeness (QED) is 0.523. The molecule has 0 aliphatic carbocycles. The average Bonchev–Trinajstić information content (AvgIpc) is 2.81. The number of esters is 2. The smallest absolute Gasteiger partial charge is 0.303 e. The molecule has 0 radical (unpaired) electrons. The Morgan fingerprint density at radius 3 is 1.34 bits per heavy atom. The summed E-state index contributed by atoms with van der Waals surface area (Å²) < 4.78 is 11.1. The van der Waals surface area contributed by atoms with Gasteiger partial charge in [0.25, 0.3) is 0 Å². The van der Waals surface area contributed by atoms with Gasteiger partial charge in [0.15, 0.2) is 0 Å². The van der Waals surface area contributed by atoms with Crippen molar-refractivity contribution in [3.63, 3.8) is 0 Å². The lowest BCUT2D eigenvalue weighted by atomic mass is 10.1.